The van der Waals surface area contributed by atoms with Crippen LogP contribution in [-0.4, -0.2) is 61.5 Å². The highest BCUT2D eigenvalue weighted by atomic mass is 28.4. The second kappa shape index (κ2) is 11.4. The second-order valence-corrected chi connectivity index (χ2v) is 19.4. The maximum Gasteiger partial charge on any atom is 0.238 e. The van der Waals surface area contributed by atoms with Crippen LogP contribution in [0.2, 0.25) is 18.1 Å². The summed E-state index contributed by atoms with van der Waals surface area (Å²) in [7, 11) is 0.180. The van der Waals surface area contributed by atoms with Gasteiger partial charge in [-0.15, -0.1) is 0 Å². The molecule has 0 bridgehead atoms. The Labute approximate surface area is 262 Å². The fourth-order valence-corrected chi connectivity index (χ4v) is 6.70. The number of nitrogens with zero attached hydrogens (tertiary/aromatic N) is 5. The van der Waals surface area contributed by atoms with Gasteiger partial charge in [-0.05, 0) is 79.3 Å². The zero-order chi connectivity index (χ0) is 31.3. The van der Waals surface area contributed by atoms with Crippen molar-refractivity contribution in [2.45, 2.75) is 77.0 Å². The van der Waals surface area contributed by atoms with Gasteiger partial charge in [0.2, 0.25) is 11.8 Å². The summed E-state index contributed by atoms with van der Waals surface area (Å²) in [4.78, 5) is 16.7. The number of ether oxygens (including phenoxy) is 1. The zero-order valence-electron chi connectivity index (χ0n) is 27.2. The molecule has 3 aliphatic rings. The Balaban J connectivity index is 1.30. The Morgan fingerprint density at radius 3 is 2.73 bits per heavy atom. The van der Waals surface area contributed by atoms with Crippen molar-refractivity contribution in [1.82, 2.24) is 19.9 Å². The van der Waals surface area contributed by atoms with E-state index >= 15 is 0 Å². The van der Waals surface area contributed by atoms with E-state index in [4.69, 9.17) is 19.1 Å². The van der Waals surface area contributed by atoms with Gasteiger partial charge in [0.15, 0.2) is 8.32 Å². The summed E-state index contributed by atoms with van der Waals surface area (Å²) in [5.74, 6) is 1.70. The van der Waals surface area contributed by atoms with Crippen molar-refractivity contribution in [3.8, 4) is 23.2 Å². The average molecular weight is 612 g/mol. The minimum Gasteiger partial charge on any atom is -0.476 e. The maximum atomic E-state index is 10.1. The Kier molecular flexibility index (Phi) is 7.93. The molecular weight excluding hydrogens is 567 g/mol. The number of benzene rings is 1. The minimum absolute atomic E-state index is 0.120. The van der Waals surface area contributed by atoms with Crippen molar-refractivity contribution < 1.29 is 9.16 Å². The van der Waals surface area contributed by atoms with Crippen LogP contribution in [0.15, 0.2) is 30.5 Å². The lowest BCUT2D eigenvalue weighted by Crippen LogP contribution is -2.45. The van der Waals surface area contributed by atoms with E-state index in [1.807, 2.05) is 12.1 Å². The summed E-state index contributed by atoms with van der Waals surface area (Å²) in [6.07, 6.45) is 5.09. The van der Waals surface area contributed by atoms with E-state index in [9.17, 15) is 5.26 Å². The zero-order valence-corrected chi connectivity index (χ0v) is 28.2. The van der Waals surface area contributed by atoms with E-state index in [-0.39, 0.29) is 10.5 Å². The summed E-state index contributed by atoms with van der Waals surface area (Å²) in [5, 5.41) is 17.2. The Hall–Kier alpha value is -3.52. The van der Waals surface area contributed by atoms with E-state index in [2.05, 4.69) is 86.6 Å². The first-order valence-electron chi connectivity index (χ1n) is 15.8. The maximum absolute atomic E-state index is 10.1. The van der Waals surface area contributed by atoms with Crippen LogP contribution in [0.5, 0.6) is 5.88 Å². The molecule has 1 aromatic carbocycles. The molecule has 0 radical (unpaired) electrons. The Bertz CT molecular complexity index is 1610. The second-order valence-electron chi connectivity index (χ2n) is 14.6. The molecule has 10 heteroatoms. The molecule has 6 rings (SSSR count). The largest absolute Gasteiger partial charge is 0.476 e. The topological polar surface area (TPSA) is 108 Å². The van der Waals surface area contributed by atoms with Crippen molar-refractivity contribution in [2.75, 3.05) is 44.0 Å². The molecule has 9 nitrogen and oxygen atoms in total. The summed E-state index contributed by atoms with van der Waals surface area (Å²) < 4.78 is 12.9. The number of nitrogens with one attached hydrogen (secondary N) is 2. The molecule has 44 heavy (non-hydrogen) atoms. The van der Waals surface area contributed by atoms with E-state index in [0.717, 1.165) is 59.9 Å². The molecule has 0 unspecified atom stereocenters. The number of pyridine rings is 1. The summed E-state index contributed by atoms with van der Waals surface area (Å²) in [6, 6.07) is 10.5. The number of nitriles is 1. The van der Waals surface area contributed by atoms with Crippen molar-refractivity contribution in [3.05, 3.63) is 52.8 Å². The number of aromatic nitrogens is 3. The van der Waals surface area contributed by atoms with Crippen LogP contribution in [0.3, 0.4) is 0 Å². The lowest BCUT2D eigenvalue weighted by Gasteiger charge is -2.39. The first-order valence-corrected chi connectivity index (χ1v) is 18.7. The monoisotopic (exact) mass is 611 g/mol. The molecule has 1 atom stereocenters. The summed E-state index contributed by atoms with van der Waals surface area (Å²) in [6.45, 7) is 17.4. The van der Waals surface area contributed by atoms with Crippen LogP contribution < -0.4 is 15.4 Å². The average Bonchev–Trinajstić information content (AvgIpc) is 3.76. The van der Waals surface area contributed by atoms with Crippen molar-refractivity contribution >= 4 is 25.6 Å². The lowest BCUT2D eigenvalue weighted by molar-refractivity contribution is 0.220. The Morgan fingerprint density at radius 2 is 2.00 bits per heavy atom. The van der Waals surface area contributed by atoms with Crippen LogP contribution in [0.1, 0.15) is 62.9 Å². The summed E-state index contributed by atoms with van der Waals surface area (Å²) >= 11 is 0. The SMILES string of the molecule is CN1CCc2nc(OCC3CC3)c(Nc3nccc(-c4cc(C#N)c5c(c4)[C@@](C)(CO[Si](C)(C)C(C)(C)C)CN5)n3)cc2C1. The van der Waals surface area contributed by atoms with Gasteiger partial charge in [-0.25, -0.2) is 15.0 Å². The van der Waals surface area contributed by atoms with E-state index < -0.39 is 8.32 Å². The van der Waals surface area contributed by atoms with Crippen LogP contribution in [0, 0.1) is 17.2 Å². The molecule has 0 amide bonds. The number of rotatable bonds is 9. The standard InChI is InChI=1S/C34H45N7O2Si/c1-33(2,3)44(6,7)43-21-34(4)20-37-30-24(17-35)14-23(15-26(30)34)27-10-12-36-32(39-27)40-29-16-25-18-41(5)13-11-28(25)38-31(29)42-19-22-8-9-22/h10,12,14-16,22,37H,8-9,11,13,18-21H2,1-7H3,(H,36,39,40)/t34-/m1/s1. The molecule has 1 saturated carbocycles. The first-order chi connectivity index (χ1) is 20.8. The number of anilines is 3. The summed E-state index contributed by atoms with van der Waals surface area (Å²) in [5.41, 5.74) is 7.03. The predicted molar refractivity (Wildman–Crippen MR) is 177 cm³/mol. The molecule has 0 saturated heterocycles. The predicted octanol–water partition coefficient (Wildman–Crippen LogP) is 6.64. The van der Waals surface area contributed by atoms with Gasteiger partial charge in [0.25, 0.3) is 0 Å². The normalized spacial score (nSPS) is 20.0. The molecule has 0 spiro atoms. The fourth-order valence-electron chi connectivity index (χ4n) is 5.58. The van der Waals surface area contributed by atoms with E-state index in [1.165, 1.54) is 18.4 Å². The third kappa shape index (κ3) is 6.18. The van der Waals surface area contributed by atoms with E-state index in [0.29, 0.717) is 36.5 Å². The van der Waals surface area contributed by atoms with Crippen LogP contribution in [0.25, 0.3) is 11.3 Å². The van der Waals surface area contributed by atoms with Gasteiger partial charge >= 0.3 is 0 Å². The molecule has 2 aliphatic heterocycles. The molecule has 3 aromatic rings. The molecule has 4 heterocycles. The van der Waals surface area contributed by atoms with Crippen LogP contribution in [0.4, 0.5) is 17.3 Å². The van der Waals surface area contributed by atoms with Gasteiger partial charge in [0.1, 0.15) is 11.8 Å². The highest BCUT2D eigenvalue weighted by Gasteiger charge is 2.42. The lowest BCUT2D eigenvalue weighted by atomic mass is 9.83. The minimum atomic E-state index is -1.95. The number of hydrogen-bond acceptors (Lipinski definition) is 9. The van der Waals surface area contributed by atoms with Crippen molar-refractivity contribution in [3.63, 3.8) is 0 Å². The van der Waals surface area contributed by atoms with Gasteiger partial charge in [-0.3, -0.25) is 0 Å². The van der Waals surface area contributed by atoms with Crippen LogP contribution in [-0.2, 0) is 22.8 Å². The molecular formula is C34H45N7O2Si. The fraction of sp³-hybridized carbons (Fsp3) is 0.529. The van der Waals surface area contributed by atoms with Gasteiger partial charge in [0.05, 0.1) is 29.2 Å². The van der Waals surface area contributed by atoms with Crippen molar-refractivity contribution in [2.24, 2.45) is 5.92 Å². The first kappa shape index (κ1) is 30.5. The number of fused-ring (bicyclic) bond motifs is 2. The highest BCUT2D eigenvalue weighted by molar-refractivity contribution is 6.74. The molecule has 1 fully saturated rings. The van der Waals surface area contributed by atoms with Crippen LogP contribution >= 0.6 is 0 Å². The third-order valence-corrected chi connectivity index (χ3v) is 14.3. The van der Waals surface area contributed by atoms with Gasteiger partial charge in [-0.2, -0.15) is 5.26 Å². The number of hydrogen-bond donors (Lipinski definition) is 2. The molecule has 232 valence electrons. The van der Waals surface area contributed by atoms with Gasteiger partial charge in [0, 0.05) is 49.8 Å². The number of likely N-dealkylation sites (N-methyl/N-ethyl adjacent to an activating group) is 1. The molecule has 2 N–H and O–H groups in total. The highest BCUT2D eigenvalue weighted by Crippen LogP contribution is 2.44. The molecule has 1 aliphatic carbocycles. The smallest absolute Gasteiger partial charge is 0.238 e. The van der Waals surface area contributed by atoms with Crippen molar-refractivity contribution in [1.29, 1.82) is 5.26 Å². The molecule has 2 aromatic heterocycles. The van der Waals surface area contributed by atoms with E-state index in [1.54, 1.807) is 6.20 Å². The van der Waals surface area contributed by atoms with Gasteiger partial charge < -0.3 is 24.7 Å². The third-order valence-electron chi connectivity index (χ3n) is 9.80. The quantitative estimate of drug-likeness (QED) is 0.258. The van der Waals surface area contributed by atoms with Gasteiger partial charge in [-0.1, -0.05) is 27.7 Å². The Morgan fingerprint density at radius 1 is 1.20 bits per heavy atom.